The molecule has 0 aliphatic heterocycles. The highest BCUT2D eigenvalue weighted by molar-refractivity contribution is 6.27. The van der Waals surface area contributed by atoms with E-state index in [2.05, 4.69) is 174 Å². The van der Waals surface area contributed by atoms with E-state index >= 15 is 0 Å². The largest absolute Gasteiger partial charge is 0.456 e. The minimum absolute atomic E-state index is 0.223. The Labute approximate surface area is 289 Å². The molecule has 2 aromatic heterocycles. The van der Waals surface area contributed by atoms with Crippen molar-refractivity contribution in [3.8, 4) is 0 Å². The van der Waals surface area contributed by atoms with Crippen LogP contribution in [-0.4, -0.2) is 6.04 Å². The van der Waals surface area contributed by atoms with Gasteiger partial charge in [-0.05, 0) is 102 Å². The Morgan fingerprint density at radius 1 is 0.420 bits per heavy atom. The molecule has 10 rings (SSSR count). The monoisotopic (exact) mass is 644 g/mol. The van der Waals surface area contributed by atoms with Gasteiger partial charge in [0.05, 0.1) is 6.04 Å². The first-order valence-corrected chi connectivity index (χ1v) is 17.1. The second-order valence-corrected chi connectivity index (χ2v) is 12.9. The minimum Gasteiger partial charge on any atom is -0.456 e. The van der Waals surface area contributed by atoms with Crippen LogP contribution in [0.1, 0.15) is 6.42 Å². The Balaban J connectivity index is 1.11. The third-order valence-corrected chi connectivity index (χ3v) is 9.92. The molecule has 1 atom stereocenters. The maximum absolute atomic E-state index is 6.59. The molecule has 238 valence electrons. The van der Waals surface area contributed by atoms with Crippen molar-refractivity contribution >= 4 is 83.1 Å². The molecule has 7 aromatic carbocycles. The summed E-state index contributed by atoms with van der Waals surface area (Å²) in [5.74, 6) is 0. The third-order valence-electron chi connectivity index (χ3n) is 9.92. The zero-order valence-corrected chi connectivity index (χ0v) is 27.2. The molecule has 1 aliphatic carbocycles. The molecule has 0 saturated heterocycles. The van der Waals surface area contributed by atoms with Gasteiger partial charge in [0.2, 0.25) is 0 Å². The van der Waals surface area contributed by atoms with Gasteiger partial charge >= 0.3 is 0 Å². The van der Waals surface area contributed by atoms with Gasteiger partial charge in [-0.2, -0.15) is 0 Å². The van der Waals surface area contributed by atoms with Crippen LogP contribution in [0.2, 0.25) is 0 Å². The van der Waals surface area contributed by atoms with Crippen LogP contribution in [0.25, 0.3) is 54.6 Å². The number of hydrogen-bond acceptors (Lipinski definition) is 4. The summed E-state index contributed by atoms with van der Waals surface area (Å²) in [5, 5.41) is 6.76. The van der Waals surface area contributed by atoms with Crippen molar-refractivity contribution in [3.05, 3.63) is 176 Å². The number of fused-ring (bicyclic) bond motifs is 9. The first-order chi connectivity index (χ1) is 24.8. The van der Waals surface area contributed by atoms with E-state index in [1.807, 2.05) is 12.1 Å². The predicted octanol–water partition coefficient (Wildman–Crippen LogP) is 13.1. The van der Waals surface area contributed by atoms with E-state index in [0.717, 1.165) is 89.5 Å². The lowest BCUT2D eigenvalue weighted by Crippen LogP contribution is -2.29. The van der Waals surface area contributed by atoms with Gasteiger partial charge in [0, 0.05) is 62.1 Å². The van der Waals surface area contributed by atoms with Crippen molar-refractivity contribution in [1.29, 1.82) is 0 Å². The maximum Gasteiger partial charge on any atom is 0.137 e. The molecule has 4 nitrogen and oxygen atoms in total. The molecule has 2 heterocycles. The summed E-state index contributed by atoms with van der Waals surface area (Å²) in [5.41, 5.74) is 8.99. The molecule has 9 aromatic rings. The van der Waals surface area contributed by atoms with Gasteiger partial charge in [-0.15, -0.1) is 0 Å². The molecule has 0 bridgehead atoms. The van der Waals surface area contributed by atoms with Crippen LogP contribution in [0.15, 0.2) is 185 Å². The van der Waals surface area contributed by atoms with Crippen LogP contribution >= 0.6 is 0 Å². The van der Waals surface area contributed by atoms with Crippen molar-refractivity contribution in [3.63, 3.8) is 0 Å². The number of allylic oxidation sites excluding steroid dienone is 2. The van der Waals surface area contributed by atoms with E-state index < -0.39 is 0 Å². The number of rotatable bonds is 6. The number of furan rings is 2. The van der Waals surface area contributed by atoms with E-state index in [0.29, 0.717) is 0 Å². The molecule has 0 fully saturated rings. The Morgan fingerprint density at radius 2 is 0.920 bits per heavy atom. The predicted molar refractivity (Wildman–Crippen MR) is 208 cm³/mol. The zero-order chi connectivity index (χ0) is 33.0. The summed E-state index contributed by atoms with van der Waals surface area (Å²) >= 11 is 0. The molecule has 50 heavy (non-hydrogen) atoms. The van der Waals surface area contributed by atoms with Crippen LogP contribution in [0.3, 0.4) is 0 Å². The fraction of sp³-hybridized carbons (Fsp3) is 0.0435. The molecule has 0 N–H and O–H groups in total. The summed E-state index contributed by atoms with van der Waals surface area (Å²) < 4.78 is 13.2. The number of benzene rings is 7. The van der Waals surface area contributed by atoms with Crippen molar-refractivity contribution in [2.45, 2.75) is 12.5 Å². The average Bonchev–Trinajstić information content (AvgIpc) is 3.75. The van der Waals surface area contributed by atoms with Gasteiger partial charge in [0.1, 0.15) is 22.3 Å². The van der Waals surface area contributed by atoms with E-state index in [1.54, 1.807) is 0 Å². The summed E-state index contributed by atoms with van der Waals surface area (Å²) in [6, 6.07) is 53.5. The zero-order valence-electron chi connectivity index (χ0n) is 27.2. The summed E-state index contributed by atoms with van der Waals surface area (Å²) in [6.45, 7) is 0. The molecular weight excluding hydrogens is 613 g/mol. The lowest BCUT2D eigenvalue weighted by molar-refractivity contribution is 0.668. The van der Waals surface area contributed by atoms with Crippen LogP contribution in [-0.2, 0) is 0 Å². The highest BCUT2D eigenvalue weighted by Crippen LogP contribution is 2.44. The van der Waals surface area contributed by atoms with Gasteiger partial charge < -0.3 is 18.6 Å². The Morgan fingerprint density at radius 3 is 1.46 bits per heavy atom. The first-order valence-electron chi connectivity index (χ1n) is 17.1. The van der Waals surface area contributed by atoms with E-state index in [-0.39, 0.29) is 6.04 Å². The molecule has 4 heteroatoms. The van der Waals surface area contributed by atoms with Crippen molar-refractivity contribution in [1.82, 2.24) is 0 Å². The van der Waals surface area contributed by atoms with Crippen LogP contribution in [0, 0.1) is 0 Å². The molecule has 0 amide bonds. The van der Waals surface area contributed by atoms with Crippen LogP contribution in [0.4, 0.5) is 28.4 Å². The smallest absolute Gasteiger partial charge is 0.137 e. The van der Waals surface area contributed by atoms with Gasteiger partial charge in [0.25, 0.3) is 0 Å². The molecule has 0 spiro atoms. The van der Waals surface area contributed by atoms with E-state index in [9.17, 15) is 0 Å². The summed E-state index contributed by atoms with van der Waals surface area (Å²) in [4.78, 5) is 4.66. The van der Waals surface area contributed by atoms with Crippen LogP contribution in [0.5, 0.6) is 0 Å². The summed E-state index contributed by atoms with van der Waals surface area (Å²) in [6.07, 6.45) is 9.71. The number of anilines is 5. The number of hydrogen-bond donors (Lipinski definition) is 0. The van der Waals surface area contributed by atoms with Crippen molar-refractivity contribution in [2.75, 3.05) is 9.80 Å². The Hall–Kier alpha value is -6.52. The fourth-order valence-corrected chi connectivity index (χ4v) is 7.70. The van der Waals surface area contributed by atoms with Gasteiger partial charge in [-0.1, -0.05) is 78.9 Å². The van der Waals surface area contributed by atoms with Crippen molar-refractivity contribution < 1.29 is 8.83 Å². The average molecular weight is 645 g/mol. The van der Waals surface area contributed by atoms with Gasteiger partial charge in [-0.25, -0.2) is 0 Å². The van der Waals surface area contributed by atoms with Gasteiger partial charge in [0.15, 0.2) is 0 Å². The molecule has 1 unspecified atom stereocenters. The molecular formula is C46H32N2O2. The number of nitrogens with zero attached hydrogens (tertiary/aromatic N) is 2. The Kier molecular flexibility index (Phi) is 6.59. The molecule has 0 radical (unpaired) electrons. The standard InChI is InChI=1S/C46H32N2O2/c1-5-13-31(14-6-1)47(32-15-7-2-8-16-32)35-21-23-39-43(29-35)49-41-27-25-38-37(45(39)41)26-28-42-46(38)40-24-22-36(30-44(40)50-42)48(33-17-9-3-10-18-33)34-19-11-4-12-20-34/h1-19,21-30,34H,20H2. The molecule has 1 aliphatic rings. The topological polar surface area (TPSA) is 32.8 Å². The third kappa shape index (κ3) is 4.61. The number of para-hydroxylation sites is 3. The second-order valence-electron chi connectivity index (χ2n) is 12.9. The molecule has 0 saturated carbocycles. The highest BCUT2D eigenvalue weighted by atomic mass is 16.3. The SMILES string of the molecule is C1=CCC(N(c2ccccc2)c2ccc3c(c2)oc2ccc4c(ccc5oc6cc(N(c7ccccc7)c7ccccc7)ccc6c54)c23)C=C1. The Bertz CT molecular complexity index is 2700. The maximum atomic E-state index is 6.59. The summed E-state index contributed by atoms with van der Waals surface area (Å²) in [7, 11) is 0. The highest BCUT2D eigenvalue weighted by Gasteiger charge is 2.22. The first kappa shape index (κ1) is 28.5. The van der Waals surface area contributed by atoms with E-state index in [1.165, 1.54) is 0 Å². The minimum atomic E-state index is 0.223. The lowest BCUT2D eigenvalue weighted by Gasteiger charge is -2.32. The normalized spacial score (nSPS) is 14.4. The van der Waals surface area contributed by atoms with Crippen molar-refractivity contribution in [2.24, 2.45) is 0 Å². The lowest BCUT2D eigenvalue weighted by atomic mass is 9.99. The van der Waals surface area contributed by atoms with E-state index in [4.69, 9.17) is 8.83 Å². The second kappa shape index (κ2) is 11.6. The van der Waals surface area contributed by atoms with Gasteiger partial charge in [-0.3, -0.25) is 0 Å². The van der Waals surface area contributed by atoms with Crippen LogP contribution < -0.4 is 9.80 Å². The fourth-order valence-electron chi connectivity index (χ4n) is 7.70. The quantitative estimate of drug-likeness (QED) is 0.180.